The van der Waals surface area contributed by atoms with E-state index in [4.69, 9.17) is 4.42 Å². The topological polar surface area (TPSA) is 75.4 Å². The number of amides is 2. The van der Waals surface area contributed by atoms with E-state index in [2.05, 4.69) is 10.3 Å². The Morgan fingerprint density at radius 2 is 1.80 bits per heavy atom. The van der Waals surface area contributed by atoms with Gasteiger partial charge in [0, 0.05) is 36.2 Å². The second kappa shape index (κ2) is 7.59. The van der Waals surface area contributed by atoms with Crippen LogP contribution < -0.4 is 5.32 Å². The summed E-state index contributed by atoms with van der Waals surface area (Å²) < 4.78 is 5.81. The first-order valence-corrected chi connectivity index (χ1v) is 10.6. The van der Waals surface area contributed by atoms with Gasteiger partial charge in [-0.25, -0.2) is 4.98 Å². The molecule has 1 N–H and O–H groups in total. The van der Waals surface area contributed by atoms with Gasteiger partial charge in [0.2, 0.25) is 11.8 Å². The van der Waals surface area contributed by atoms with Crippen molar-refractivity contribution >= 4 is 22.9 Å². The number of hydrogen-bond acceptors (Lipinski definition) is 4. The monoisotopic (exact) mass is 403 g/mol. The van der Waals surface area contributed by atoms with Crippen LogP contribution in [0.1, 0.15) is 42.5 Å². The molecule has 0 unspecified atom stereocenters. The second-order valence-corrected chi connectivity index (χ2v) is 8.43. The maximum Gasteiger partial charge on any atom is 0.253 e. The van der Waals surface area contributed by atoms with Crippen LogP contribution in [0.3, 0.4) is 0 Å². The molecule has 6 heteroatoms. The Balaban J connectivity index is 1.24. The zero-order valence-electron chi connectivity index (χ0n) is 17.0. The molecule has 2 aliphatic rings. The molecule has 154 valence electrons. The van der Waals surface area contributed by atoms with Gasteiger partial charge in [-0.15, -0.1) is 0 Å². The minimum Gasteiger partial charge on any atom is -0.436 e. The van der Waals surface area contributed by atoms with Crippen molar-refractivity contribution in [2.75, 3.05) is 7.05 Å². The maximum atomic E-state index is 13.0. The quantitative estimate of drug-likeness (QED) is 0.698. The minimum absolute atomic E-state index is 0.00159. The van der Waals surface area contributed by atoms with Crippen LogP contribution in [0.2, 0.25) is 0 Å². The van der Waals surface area contributed by atoms with E-state index in [1.54, 1.807) is 0 Å². The molecule has 2 aromatic carbocycles. The van der Waals surface area contributed by atoms with Crippen LogP contribution in [-0.2, 0) is 4.79 Å². The Bertz CT molecular complexity index is 1050. The summed E-state index contributed by atoms with van der Waals surface area (Å²) in [6.45, 7) is 0. The fourth-order valence-electron chi connectivity index (χ4n) is 4.23. The predicted molar refractivity (Wildman–Crippen MR) is 114 cm³/mol. The standard InChI is InChI=1S/C24H25N3O3/c1-27(19-13-12-18(14-19)25-22(28)15-6-7-15)24(29)17-10-8-16(9-11-17)23-26-20-4-2-3-5-21(20)30-23/h2-5,8-11,15,18-19H,6-7,12-14H2,1H3,(H,25,28)/t18-,19+/m0/s1. The number of hydrogen-bond donors (Lipinski definition) is 1. The number of aromatic nitrogens is 1. The van der Waals surface area contributed by atoms with Gasteiger partial charge in [-0.2, -0.15) is 0 Å². The fraction of sp³-hybridized carbons (Fsp3) is 0.375. The van der Waals surface area contributed by atoms with E-state index < -0.39 is 0 Å². The molecule has 2 saturated carbocycles. The zero-order chi connectivity index (χ0) is 20.7. The van der Waals surface area contributed by atoms with Gasteiger partial charge in [0.15, 0.2) is 5.58 Å². The summed E-state index contributed by atoms with van der Waals surface area (Å²) in [5, 5.41) is 3.15. The number of carbonyl (C=O) groups is 2. The molecule has 1 aromatic heterocycles. The van der Waals surface area contributed by atoms with Gasteiger partial charge in [0.1, 0.15) is 5.52 Å². The van der Waals surface area contributed by atoms with Crippen LogP contribution in [0.4, 0.5) is 0 Å². The number of fused-ring (bicyclic) bond motifs is 1. The van der Waals surface area contributed by atoms with E-state index in [1.165, 1.54) is 0 Å². The number of carbonyl (C=O) groups excluding carboxylic acids is 2. The van der Waals surface area contributed by atoms with Gasteiger partial charge in [0.05, 0.1) is 0 Å². The van der Waals surface area contributed by atoms with E-state index >= 15 is 0 Å². The van der Waals surface area contributed by atoms with Crippen molar-refractivity contribution in [2.45, 2.75) is 44.2 Å². The average Bonchev–Trinajstić information content (AvgIpc) is 3.37. The molecule has 2 amide bonds. The molecule has 0 bridgehead atoms. The van der Waals surface area contributed by atoms with Crippen LogP contribution in [0, 0.1) is 5.92 Å². The molecule has 0 spiro atoms. The van der Waals surface area contributed by atoms with E-state index in [1.807, 2.05) is 60.5 Å². The van der Waals surface area contributed by atoms with Crippen molar-refractivity contribution in [2.24, 2.45) is 5.92 Å². The fourth-order valence-corrected chi connectivity index (χ4v) is 4.23. The normalized spacial score (nSPS) is 21.0. The lowest BCUT2D eigenvalue weighted by Crippen LogP contribution is -2.38. The summed E-state index contributed by atoms with van der Waals surface area (Å²) in [7, 11) is 1.85. The van der Waals surface area contributed by atoms with Crippen molar-refractivity contribution < 1.29 is 14.0 Å². The van der Waals surface area contributed by atoms with Gasteiger partial charge in [-0.1, -0.05) is 12.1 Å². The summed E-state index contributed by atoms with van der Waals surface area (Å²) in [5.41, 5.74) is 3.05. The van der Waals surface area contributed by atoms with E-state index in [9.17, 15) is 9.59 Å². The molecule has 2 fully saturated rings. The Hall–Kier alpha value is -3.15. The first-order valence-electron chi connectivity index (χ1n) is 10.6. The largest absolute Gasteiger partial charge is 0.436 e. The van der Waals surface area contributed by atoms with Crippen LogP contribution in [0.5, 0.6) is 0 Å². The highest BCUT2D eigenvalue weighted by molar-refractivity contribution is 5.94. The highest BCUT2D eigenvalue weighted by atomic mass is 16.3. The van der Waals surface area contributed by atoms with Gasteiger partial charge in [0.25, 0.3) is 5.91 Å². The molecule has 0 saturated heterocycles. The summed E-state index contributed by atoms with van der Waals surface area (Å²) in [6.07, 6.45) is 4.69. The molecule has 0 aliphatic heterocycles. The number of nitrogens with one attached hydrogen (secondary N) is 1. The summed E-state index contributed by atoms with van der Waals surface area (Å²) >= 11 is 0. The summed E-state index contributed by atoms with van der Waals surface area (Å²) in [4.78, 5) is 31.3. The number of para-hydroxylation sites is 2. The third kappa shape index (κ3) is 3.70. The Morgan fingerprint density at radius 1 is 1.03 bits per heavy atom. The molecule has 3 aromatic rings. The summed E-state index contributed by atoms with van der Waals surface area (Å²) in [6, 6.07) is 15.4. The van der Waals surface area contributed by atoms with Gasteiger partial charge >= 0.3 is 0 Å². The third-order valence-electron chi connectivity index (χ3n) is 6.24. The molecular formula is C24H25N3O3. The lowest BCUT2D eigenvalue weighted by molar-refractivity contribution is -0.122. The highest BCUT2D eigenvalue weighted by Gasteiger charge is 2.35. The molecule has 1 heterocycles. The maximum absolute atomic E-state index is 13.0. The lowest BCUT2D eigenvalue weighted by Gasteiger charge is -2.25. The predicted octanol–water partition coefficient (Wildman–Crippen LogP) is 4.01. The second-order valence-electron chi connectivity index (χ2n) is 8.43. The first kappa shape index (κ1) is 18.9. The molecule has 6 nitrogen and oxygen atoms in total. The van der Waals surface area contributed by atoms with Crippen molar-refractivity contribution in [3.8, 4) is 11.5 Å². The van der Waals surface area contributed by atoms with Crippen molar-refractivity contribution in [3.05, 3.63) is 54.1 Å². The molecule has 30 heavy (non-hydrogen) atoms. The van der Waals surface area contributed by atoms with Gasteiger partial charge < -0.3 is 14.6 Å². The van der Waals surface area contributed by atoms with E-state index in [0.29, 0.717) is 11.5 Å². The number of rotatable bonds is 5. The van der Waals surface area contributed by atoms with Crippen LogP contribution in [0.25, 0.3) is 22.6 Å². The Morgan fingerprint density at radius 3 is 2.53 bits per heavy atom. The van der Waals surface area contributed by atoms with Crippen molar-refractivity contribution in [1.29, 1.82) is 0 Å². The van der Waals surface area contributed by atoms with Gasteiger partial charge in [-0.3, -0.25) is 9.59 Å². The highest BCUT2D eigenvalue weighted by Crippen LogP contribution is 2.31. The molecule has 2 atom stereocenters. The Kier molecular flexibility index (Phi) is 4.77. The Labute approximate surface area is 175 Å². The van der Waals surface area contributed by atoms with Crippen molar-refractivity contribution in [1.82, 2.24) is 15.2 Å². The van der Waals surface area contributed by atoms with Crippen LogP contribution in [0.15, 0.2) is 52.9 Å². The third-order valence-corrected chi connectivity index (χ3v) is 6.24. The average molecular weight is 403 g/mol. The first-order chi connectivity index (χ1) is 14.6. The SMILES string of the molecule is CN(C(=O)c1ccc(-c2nc3ccccc3o2)cc1)[C@@H]1CC[C@H](NC(=O)C2CC2)C1. The zero-order valence-corrected chi connectivity index (χ0v) is 17.0. The van der Waals surface area contributed by atoms with Crippen molar-refractivity contribution in [3.63, 3.8) is 0 Å². The number of benzene rings is 2. The molecule has 2 aliphatic carbocycles. The van der Waals surface area contributed by atoms with Crippen LogP contribution >= 0.6 is 0 Å². The lowest BCUT2D eigenvalue weighted by atomic mass is 10.1. The minimum atomic E-state index is -0.00159. The summed E-state index contributed by atoms with van der Waals surface area (Å²) in [5.74, 6) is 0.958. The number of oxazole rings is 1. The van der Waals surface area contributed by atoms with Crippen LogP contribution in [-0.4, -0.2) is 40.8 Å². The smallest absolute Gasteiger partial charge is 0.253 e. The molecule has 0 radical (unpaired) electrons. The number of nitrogens with zero attached hydrogens (tertiary/aromatic N) is 2. The van der Waals surface area contributed by atoms with E-state index in [-0.39, 0.29) is 29.8 Å². The molecular weight excluding hydrogens is 378 g/mol. The molecule has 5 rings (SSSR count). The van der Waals surface area contributed by atoms with Gasteiger partial charge in [-0.05, 0) is 68.5 Å². The van der Waals surface area contributed by atoms with E-state index in [0.717, 1.165) is 48.8 Å².